The number of carbonyl (C=O) groups excluding carboxylic acids is 1. The van der Waals surface area contributed by atoms with E-state index in [4.69, 9.17) is 9.47 Å². The molecule has 1 fully saturated rings. The quantitative estimate of drug-likeness (QED) is 0.544. The SMILES string of the molecule is COc1ccc(-c2ccnc3c(C(=O)NCCCN4CCCCC4C)cnn23)cc1OC. The molecule has 1 saturated heterocycles. The van der Waals surface area contributed by atoms with E-state index in [1.54, 1.807) is 31.1 Å². The van der Waals surface area contributed by atoms with Crippen LogP contribution in [0.1, 0.15) is 43.0 Å². The molecule has 1 aliphatic rings. The predicted octanol–water partition coefficient (Wildman–Crippen LogP) is 3.41. The highest BCUT2D eigenvalue weighted by molar-refractivity contribution is 5.99. The fourth-order valence-corrected chi connectivity index (χ4v) is 4.33. The number of likely N-dealkylation sites (tertiary alicyclic amines) is 1. The van der Waals surface area contributed by atoms with Crippen LogP contribution in [-0.4, -0.2) is 65.3 Å². The maximum absolute atomic E-state index is 12.8. The average molecular weight is 438 g/mol. The molecule has 3 aromatic rings. The number of carbonyl (C=O) groups is 1. The molecule has 0 bridgehead atoms. The average Bonchev–Trinajstić information content (AvgIpc) is 3.26. The Balaban J connectivity index is 1.46. The summed E-state index contributed by atoms with van der Waals surface area (Å²) in [6, 6.07) is 8.16. The summed E-state index contributed by atoms with van der Waals surface area (Å²) in [4.78, 5) is 19.7. The molecule has 0 saturated carbocycles. The van der Waals surface area contributed by atoms with E-state index in [9.17, 15) is 4.79 Å². The Bertz CT molecular complexity index is 1080. The van der Waals surface area contributed by atoms with E-state index in [0.29, 0.717) is 35.3 Å². The third-order valence-corrected chi connectivity index (χ3v) is 6.17. The largest absolute Gasteiger partial charge is 0.493 e. The zero-order chi connectivity index (χ0) is 22.5. The number of amides is 1. The van der Waals surface area contributed by atoms with Crippen LogP contribution in [0.5, 0.6) is 11.5 Å². The van der Waals surface area contributed by atoms with Crippen LogP contribution in [0.4, 0.5) is 0 Å². The van der Waals surface area contributed by atoms with Gasteiger partial charge in [0.25, 0.3) is 5.91 Å². The molecule has 0 aliphatic carbocycles. The molecule has 32 heavy (non-hydrogen) atoms. The Morgan fingerprint density at radius 3 is 2.81 bits per heavy atom. The second-order valence-corrected chi connectivity index (χ2v) is 8.18. The normalized spacial score (nSPS) is 16.8. The molecular weight excluding hydrogens is 406 g/mol. The van der Waals surface area contributed by atoms with Crippen molar-refractivity contribution in [2.45, 2.75) is 38.6 Å². The van der Waals surface area contributed by atoms with Crippen molar-refractivity contribution in [1.29, 1.82) is 0 Å². The summed E-state index contributed by atoms with van der Waals surface area (Å²) in [6.45, 7) is 5.09. The smallest absolute Gasteiger partial charge is 0.256 e. The van der Waals surface area contributed by atoms with Crippen molar-refractivity contribution in [3.8, 4) is 22.8 Å². The van der Waals surface area contributed by atoms with Crippen molar-refractivity contribution in [2.75, 3.05) is 33.9 Å². The van der Waals surface area contributed by atoms with E-state index in [2.05, 4.69) is 27.2 Å². The van der Waals surface area contributed by atoms with Gasteiger partial charge in [-0.3, -0.25) is 4.79 Å². The highest BCUT2D eigenvalue weighted by Gasteiger charge is 2.19. The number of benzene rings is 1. The molecule has 1 aliphatic heterocycles. The Hall–Kier alpha value is -3.13. The fraction of sp³-hybridized carbons (Fsp3) is 0.458. The number of methoxy groups -OCH3 is 2. The van der Waals surface area contributed by atoms with E-state index in [-0.39, 0.29) is 5.91 Å². The lowest BCUT2D eigenvalue weighted by Gasteiger charge is -2.33. The Morgan fingerprint density at radius 2 is 2.03 bits per heavy atom. The van der Waals surface area contributed by atoms with Gasteiger partial charge in [0, 0.05) is 30.9 Å². The number of aromatic nitrogens is 3. The van der Waals surface area contributed by atoms with E-state index in [1.807, 2.05) is 24.3 Å². The third kappa shape index (κ3) is 4.55. The van der Waals surface area contributed by atoms with Gasteiger partial charge in [-0.25, -0.2) is 9.50 Å². The van der Waals surface area contributed by atoms with Gasteiger partial charge in [0.1, 0.15) is 5.56 Å². The van der Waals surface area contributed by atoms with Crippen molar-refractivity contribution in [3.63, 3.8) is 0 Å². The van der Waals surface area contributed by atoms with E-state index in [1.165, 1.54) is 19.3 Å². The minimum Gasteiger partial charge on any atom is -0.493 e. The molecular formula is C24H31N5O3. The molecule has 1 N–H and O–H groups in total. The predicted molar refractivity (Wildman–Crippen MR) is 123 cm³/mol. The molecule has 1 aromatic carbocycles. The van der Waals surface area contributed by atoms with Gasteiger partial charge in [-0.2, -0.15) is 5.10 Å². The summed E-state index contributed by atoms with van der Waals surface area (Å²) in [5.74, 6) is 1.13. The van der Waals surface area contributed by atoms with Crippen molar-refractivity contribution in [3.05, 3.63) is 42.2 Å². The third-order valence-electron chi connectivity index (χ3n) is 6.17. The summed E-state index contributed by atoms with van der Waals surface area (Å²) < 4.78 is 12.4. The fourth-order valence-electron chi connectivity index (χ4n) is 4.33. The number of fused-ring (bicyclic) bond motifs is 1. The molecule has 2 aromatic heterocycles. The summed E-state index contributed by atoms with van der Waals surface area (Å²) in [6.07, 6.45) is 8.06. The molecule has 8 nitrogen and oxygen atoms in total. The highest BCUT2D eigenvalue weighted by Crippen LogP contribution is 2.32. The maximum atomic E-state index is 12.8. The summed E-state index contributed by atoms with van der Waals surface area (Å²) in [7, 11) is 3.21. The van der Waals surface area contributed by atoms with Gasteiger partial charge in [-0.1, -0.05) is 6.42 Å². The van der Waals surface area contributed by atoms with Crippen LogP contribution in [0.2, 0.25) is 0 Å². The van der Waals surface area contributed by atoms with Gasteiger partial charge in [-0.15, -0.1) is 0 Å². The first kappa shape index (κ1) is 22.1. The number of rotatable bonds is 8. The molecule has 170 valence electrons. The minimum absolute atomic E-state index is 0.149. The van der Waals surface area contributed by atoms with Crippen molar-refractivity contribution < 1.29 is 14.3 Å². The Morgan fingerprint density at radius 1 is 1.19 bits per heavy atom. The first-order valence-corrected chi connectivity index (χ1v) is 11.2. The van der Waals surface area contributed by atoms with Crippen molar-refractivity contribution >= 4 is 11.6 Å². The number of hydrogen-bond donors (Lipinski definition) is 1. The second kappa shape index (κ2) is 9.99. The molecule has 8 heteroatoms. The molecule has 0 radical (unpaired) electrons. The lowest BCUT2D eigenvalue weighted by molar-refractivity contribution is 0.0950. The Kier molecular flexibility index (Phi) is 6.90. The van der Waals surface area contributed by atoms with Gasteiger partial charge in [-0.05, 0) is 57.0 Å². The van der Waals surface area contributed by atoms with Gasteiger partial charge in [0.15, 0.2) is 17.1 Å². The van der Waals surface area contributed by atoms with Crippen LogP contribution < -0.4 is 14.8 Å². The first-order valence-electron chi connectivity index (χ1n) is 11.2. The molecule has 1 atom stereocenters. The monoisotopic (exact) mass is 437 g/mol. The maximum Gasteiger partial charge on any atom is 0.256 e. The van der Waals surface area contributed by atoms with Gasteiger partial charge >= 0.3 is 0 Å². The van der Waals surface area contributed by atoms with Gasteiger partial charge < -0.3 is 19.7 Å². The second-order valence-electron chi connectivity index (χ2n) is 8.18. The number of piperidine rings is 1. The van der Waals surface area contributed by atoms with Crippen LogP contribution >= 0.6 is 0 Å². The van der Waals surface area contributed by atoms with Gasteiger partial charge in [0.05, 0.1) is 26.1 Å². The van der Waals surface area contributed by atoms with E-state index >= 15 is 0 Å². The molecule has 3 heterocycles. The lowest BCUT2D eigenvalue weighted by Crippen LogP contribution is -2.39. The Labute approximate surface area is 188 Å². The van der Waals surface area contributed by atoms with Gasteiger partial charge in [0.2, 0.25) is 0 Å². The molecule has 0 spiro atoms. The first-order chi connectivity index (χ1) is 15.6. The zero-order valence-electron chi connectivity index (χ0n) is 19.0. The highest BCUT2D eigenvalue weighted by atomic mass is 16.5. The molecule has 1 amide bonds. The van der Waals surface area contributed by atoms with E-state index < -0.39 is 0 Å². The summed E-state index contributed by atoms with van der Waals surface area (Å²) in [5.41, 5.74) is 2.70. The molecule has 4 rings (SSSR count). The number of nitrogens with one attached hydrogen (secondary N) is 1. The summed E-state index contributed by atoms with van der Waals surface area (Å²) in [5, 5.41) is 7.47. The van der Waals surface area contributed by atoms with E-state index in [0.717, 1.165) is 30.8 Å². The van der Waals surface area contributed by atoms with Crippen LogP contribution in [0.25, 0.3) is 16.9 Å². The number of nitrogens with zero attached hydrogens (tertiary/aromatic N) is 4. The standard InChI is InChI=1S/C24H31N5O3/c1-17-7-4-5-13-28(17)14-6-11-26-24(30)19-16-27-29-20(10-12-25-23(19)29)18-8-9-21(31-2)22(15-18)32-3/h8-10,12,15-17H,4-7,11,13-14H2,1-3H3,(H,26,30). The lowest BCUT2D eigenvalue weighted by atomic mass is 10.0. The van der Waals surface area contributed by atoms with Crippen molar-refractivity contribution in [1.82, 2.24) is 24.8 Å². The summed E-state index contributed by atoms with van der Waals surface area (Å²) >= 11 is 0. The van der Waals surface area contributed by atoms with Crippen LogP contribution in [-0.2, 0) is 0 Å². The van der Waals surface area contributed by atoms with Crippen LogP contribution in [0.3, 0.4) is 0 Å². The molecule has 1 unspecified atom stereocenters. The number of ether oxygens (including phenoxy) is 2. The number of hydrogen-bond acceptors (Lipinski definition) is 6. The van der Waals surface area contributed by atoms with Crippen LogP contribution in [0.15, 0.2) is 36.7 Å². The van der Waals surface area contributed by atoms with Crippen LogP contribution in [0, 0.1) is 0 Å². The topological polar surface area (TPSA) is 81.0 Å². The minimum atomic E-state index is -0.149. The zero-order valence-corrected chi connectivity index (χ0v) is 19.0. The van der Waals surface area contributed by atoms with Crippen molar-refractivity contribution in [2.24, 2.45) is 0 Å².